The molecule has 7 heteroatoms. The van der Waals surface area contributed by atoms with Crippen LogP contribution in [0.4, 0.5) is 18.9 Å². The smallest absolute Gasteiger partial charge is 0.242 e. The van der Waals surface area contributed by atoms with Crippen LogP contribution in [0.25, 0.3) is 0 Å². The van der Waals surface area contributed by atoms with E-state index >= 15 is 0 Å². The molecule has 0 unspecified atom stereocenters. The predicted octanol–water partition coefficient (Wildman–Crippen LogP) is 2.24. The zero-order chi connectivity index (χ0) is 17.6. The number of hydrogen-bond donors (Lipinski definition) is 1. The van der Waals surface area contributed by atoms with Crippen molar-refractivity contribution in [1.29, 1.82) is 0 Å². The minimum absolute atomic E-state index is 0.0527. The summed E-state index contributed by atoms with van der Waals surface area (Å²) in [4.78, 5) is 25.1. The summed E-state index contributed by atoms with van der Waals surface area (Å²) in [5, 5.41) is 0. The SMILES string of the molecule is C[C@]1(c2ccc(F)cc2)C(=O)N(CC(N)=O)c2cc(F)cc(F)c21. The fourth-order valence-corrected chi connectivity index (χ4v) is 3.12. The maximum atomic E-state index is 14.5. The minimum Gasteiger partial charge on any atom is -0.368 e. The van der Waals surface area contributed by atoms with Crippen molar-refractivity contribution >= 4 is 17.5 Å². The highest BCUT2D eigenvalue weighted by Gasteiger charge is 2.51. The maximum Gasteiger partial charge on any atom is 0.242 e. The van der Waals surface area contributed by atoms with Gasteiger partial charge in [0, 0.05) is 11.6 Å². The van der Waals surface area contributed by atoms with Gasteiger partial charge in [-0.1, -0.05) is 12.1 Å². The number of nitrogens with two attached hydrogens (primary N) is 1. The van der Waals surface area contributed by atoms with Gasteiger partial charge in [0.2, 0.25) is 11.8 Å². The molecular formula is C17H13F3N2O2. The van der Waals surface area contributed by atoms with Gasteiger partial charge >= 0.3 is 0 Å². The highest BCUT2D eigenvalue weighted by Crippen LogP contribution is 2.47. The summed E-state index contributed by atoms with van der Waals surface area (Å²) in [5.41, 5.74) is 3.83. The zero-order valence-electron chi connectivity index (χ0n) is 12.6. The molecular weight excluding hydrogens is 321 g/mol. The quantitative estimate of drug-likeness (QED) is 0.936. The second-order valence-electron chi connectivity index (χ2n) is 5.77. The molecule has 2 amide bonds. The first-order chi connectivity index (χ1) is 11.2. The van der Waals surface area contributed by atoms with Crippen molar-refractivity contribution in [3.05, 3.63) is 65.0 Å². The van der Waals surface area contributed by atoms with Crippen LogP contribution in [0.1, 0.15) is 18.1 Å². The average Bonchev–Trinajstić information content (AvgIpc) is 2.70. The van der Waals surface area contributed by atoms with Crippen molar-refractivity contribution in [3.8, 4) is 0 Å². The van der Waals surface area contributed by atoms with Crippen LogP contribution < -0.4 is 10.6 Å². The number of halogens is 3. The first kappa shape index (κ1) is 16.0. The van der Waals surface area contributed by atoms with Crippen LogP contribution in [0.5, 0.6) is 0 Å². The molecule has 2 aromatic carbocycles. The number of rotatable bonds is 3. The lowest BCUT2D eigenvalue weighted by atomic mass is 9.77. The largest absolute Gasteiger partial charge is 0.368 e. The lowest BCUT2D eigenvalue weighted by molar-refractivity contribution is -0.124. The van der Waals surface area contributed by atoms with E-state index in [0.29, 0.717) is 11.6 Å². The van der Waals surface area contributed by atoms with E-state index in [4.69, 9.17) is 5.73 Å². The van der Waals surface area contributed by atoms with E-state index in [1.165, 1.54) is 19.1 Å². The van der Waals surface area contributed by atoms with Crippen LogP contribution in [0.3, 0.4) is 0 Å². The van der Waals surface area contributed by atoms with Gasteiger partial charge in [-0.3, -0.25) is 9.59 Å². The topological polar surface area (TPSA) is 63.4 Å². The van der Waals surface area contributed by atoms with Gasteiger partial charge in [-0.05, 0) is 30.7 Å². The molecule has 0 fully saturated rings. The van der Waals surface area contributed by atoms with Gasteiger partial charge in [0.05, 0.1) is 5.69 Å². The molecule has 2 N–H and O–H groups in total. The summed E-state index contributed by atoms with van der Waals surface area (Å²) >= 11 is 0. The average molecular weight is 334 g/mol. The van der Waals surface area contributed by atoms with Crippen LogP contribution in [-0.4, -0.2) is 18.4 Å². The Morgan fingerprint density at radius 1 is 1.12 bits per heavy atom. The number of nitrogens with zero attached hydrogens (tertiary/aromatic N) is 1. The molecule has 4 nitrogen and oxygen atoms in total. The molecule has 0 spiro atoms. The second kappa shape index (κ2) is 5.36. The third-order valence-electron chi connectivity index (χ3n) is 4.23. The van der Waals surface area contributed by atoms with Gasteiger partial charge in [0.15, 0.2) is 0 Å². The monoisotopic (exact) mass is 334 g/mol. The van der Waals surface area contributed by atoms with Crippen LogP contribution in [0.2, 0.25) is 0 Å². The summed E-state index contributed by atoms with van der Waals surface area (Å²) in [6.45, 7) is 0.939. The Balaban J connectivity index is 2.27. The zero-order valence-corrected chi connectivity index (χ0v) is 12.6. The Labute approximate surface area is 135 Å². The number of fused-ring (bicyclic) bond motifs is 1. The third-order valence-corrected chi connectivity index (χ3v) is 4.23. The number of carbonyl (C=O) groups excluding carboxylic acids is 2. The van der Waals surface area contributed by atoms with E-state index in [9.17, 15) is 22.8 Å². The number of primary amides is 1. The van der Waals surface area contributed by atoms with Gasteiger partial charge in [-0.15, -0.1) is 0 Å². The lowest BCUT2D eigenvalue weighted by Gasteiger charge is -2.24. The van der Waals surface area contributed by atoms with E-state index in [-0.39, 0.29) is 11.3 Å². The Hall–Kier alpha value is -2.83. The summed E-state index contributed by atoms with van der Waals surface area (Å²) in [7, 11) is 0. The summed E-state index contributed by atoms with van der Waals surface area (Å²) in [6.07, 6.45) is 0. The molecule has 0 aliphatic carbocycles. The highest BCUT2D eigenvalue weighted by molar-refractivity contribution is 6.12. The highest BCUT2D eigenvalue weighted by atomic mass is 19.1. The number of amides is 2. The summed E-state index contributed by atoms with van der Waals surface area (Å²) in [6, 6.07) is 6.65. The van der Waals surface area contributed by atoms with Crippen LogP contribution >= 0.6 is 0 Å². The van der Waals surface area contributed by atoms with Gasteiger partial charge in [0.25, 0.3) is 0 Å². The molecule has 0 bridgehead atoms. The molecule has 0 saturated heterocycles. The normalized spacial score (nSPS) is 19.5. The third kappa shape index (κ3) is 2.24. The fourth-order valence-electron chi connectivity index (χ4n) is 3.12. The van der Waals surface area contributed by atoms with Crippen molar-refractivity contribution in [1.82, 2.24) is 0 Å². The first-order valence-electron chi connectivity index (χ1n) is 7.11. The molecule has 2 aromatic rings. The molecule has 24 heavy (non-hydrogen) atoms. The lowest BCUT2D eigenvalue weighted by Crippen LogP contribution is -2.43. The number of anilines is 1. The maximum absolute atomic E-state index is 14.5. The molecule has 1 aliphatic rings. The summed E-state index contributed by atoms with van der Waals surface area (Å²) in [5.74, 6) is -3.76. The second-order valence-corrected chi connectivity index (χ2v) is 5.77. The molecule has 1 atom stereocenters. The molecule has 1 aliphatic heterocycles. The molecule has 124 valence electrons. The fraction of sp³-hybridized carbons (Fsp3) is 0.176. The van der Waals surface area contributed by atoms with Crippen molar-refractivity contribution in [2.75, 3.05) is 11.4 Å². The van der Waals surface area contributed by atoms with Gasteiger partial charge < -0.3 is 10.6 Å². The number of carbonyl (C=O) groups is 2. The number of hydrogen-bond acceptors (Lipinski definition) is 2. The molecule has 0 radical (unpaired) electrons. The van der Waals surface area contributed by atoms with Crippen molar-refractivity contribution in [2.24, 2.45) is 5.73 Å². The van der Waals surface area contributed by atoms with Crippen LogP contribution in [-0.2, 0) is 15.0 Å². The Morgan fingerprint density at radius 3 is 2.33 bits per heavy atom. The molecule has 0 saturated carbocycles. The van der Waals surface area contributed by atoms with Crippen molar-refractivity contribution in [2.45, 2.75) is 12.3 Å². The van der Waals surface area contributed by atoms with E-state index in [0.717, 1.165) is 23.1 Å². The molecule has 1 heterocycles. The minimum atomic E-state index is -1.52. The van der Waals surface area contributed by atoms with Gasteiger partial charge in [-0.25, -0.2) is 13.2 Å². The standard InChI is InChI=1S/C17H13F3N2O2/c1-17(9-2-4-10(18)5-3-9)15-12(20)6-11(19)7-13(15)22(16(17)24)8-14(21)23/h2-7H,8H2,1H3,(H2,21,23)/t17-/m1/s1. The Kier molecular flexibility index (Phi) is 3.59. The van der Waals surface area contributed by atoms with Crippen LogP contribution in [0, 0.1) is 17.5 Å². The van der Waals surface area contributed by atoms with Crippen molar-refractivity contribution < 1.29 is 22.8 Å². The van der Waals surface area contributed by atoms with E-state index in [1.807, 2.05) is 0 Å². The summed E-state index contributed by atoms with van der Waals surface area (Å²) < 4.78 is 41.3. The predicted molar refractivity (Wildman–Crippen MR) is 80.8 cm³/mol. The van der Waals surface area contributed by atoms with Gasteiger partial charge in [-0.2, -0.15) is 0 Å². The Bertz CT molecular complexity index is 852. The van der Waals surface area contributed by atoms with Gasteiger partial charge in [0.1, 0.15) is 29.4 Å². The molecule has 0 aromatic heterocycles. The van der Waals surface area contributed by atoms with Crippen LogP contribution in [0.15, 0.2) is 36.4 Å². The van der Waals surface area contributed by atoms with E-state index < -0.39 is 41.2 Å². The van der Waals surface area contributed by atoms with E-state index in [1.54, 1.807) is 0 Å². The number of benzene rings is 2. The Morgan fingerprint density at radius 2 is 1.75 bits per heavy atom. The van der Waals surface area contributed by atoms with E-state index in [2.05, 4.69) is 0 Å². The first-order valence-corrected chi connectivity index (χ1v) is 7.11. The van der Waals surface area contributed by atoms with Crippen molar-refractivity contribution in [3.63, 3.8) is 0 Å². The molecule has 3 rings (SSSR count).